The van der Waals surface area contributed by atoms with E-state index < -0.39 is 0 Å². The Morgan fingerprint density at radius 2 is 2.10 bits per heavy atom. The van der Waals surface area contributed by atoms with Gasteiger partial charge in [-0.15, -0.1) is 10.2 Å². The minimum absolute atomic E-state index is 0.285. The number of halogens is 1. The van der Waals surface area contributed by atoms with Gasteiger partial charge < -0.3 is 10.1 Å². The van der Waals surface area contributed by atoms with Gasteiger partial charge >= 0.3 is 0 Å². The smallest absolute Gasteiger partial charge is 0.160 e. The first-order valence-electron chi connectivity index (χ1n) is 6.83. The van der Waals surface area contributed by atoms with E-state index in [0.29, 0.717) is 12.2 Å². The molecule has 0 unspecified atom stereocenters. The summed E-state index contributed by atoms with van der Waals surface area (Å²) in [7, 11) is 0. The molecule has 108 valence electrons. The first kappa shape index (κ1) is 13.4. The van der Waals surface area contributed by atoms with Crippen molar-refractivity contribution in [3.63, 3.8) is 0 Å². The number of pyridine rings is 1. The molecule has 0 atom stereocenters. The highest BCUT2D eigenvalue weighted by molar-refractivity contribution is 5.37. The van der Waals surface area contributed by atoms with Crippen molar-refractivity contribution in [1.29, 1.82) is 0 Å². The summed E-state index contributed by atoms with van der Waals surface area (Å²) in [5.74, 6) is 0.438. The fourth-order valence-corrected chi connectivity index (χ4v) is 2.29. The number of nitrogens with zero attached hydrogens (tertiary/aromatic N) is 4. The monoisotopic (exact) mass is 279 g/mol. The first-order chi connectivity index (χ1) is 9.83. The SMILES string of the molecule is Fc1ccc2nnc(CNCCN3CCOCC3)n2c1. The van der Waals surface area contributed by atoms with E-state index in [1.807, 2.05) is 0 Å². The van der Waals surface area contributed by atoms with Crippen LogP contribution in [0, 0.1) is 5.82 Å². The summed E-state index contributed by atoms with van der Waals surface area (Å²) >= 11 is 0. The molecule has 0 radical (unpaired) electrons. The Balaban J connectivity index is 1.50. The number of rotatable bonds is 5. The van der Waals surface area contributed by atoms with Crippen LogP contribution in [0.4, 0.5) is 4.39 Å². The molecule has 0 saturated carbocycles. The maximum Gasteiger partial charge on any atom is 0.160 e. The zero-order valence-corrected chi connectivity index (χ0v) is 11.3. The molecule has 2 aromatic rings. The largest absolute Gasteiger partial charge is 0.379 e. The molecule has 2 aromatic heterocycles. The van der Waals surface area contributed by atoms with Crippen LogP contribution in [0.2, 0.25) is 0 Å². The van der Waals surface area contributed by atoms with Gasteiger partial charge in [-0.3, -0.25) is 9.30 Å². The minimum Gasteiger partial charge on any atom is -0.379 e. The summed E-state index contributed by atoms with van der Waals surface area (Å²) in [4.78, 5) is 2.36. The van der Waals surface area contributed by atoms with Gasteiger partial charge in [-0.25, -0.2) is 4.39 Å². The Kier molecular flexibility index (Phi) is 4.19. The van der Waals surface area contributed by atoms with Crippen molar-refractivity contribution in [2.24, 2.45) is 0 Å². The highest BCUT2D eigenvalue weighted by atomic mass is 19.1. The third kappa shape index (κ3) is 3.12. The van der Waals surface area contributed by atoms with Crippen LogP contribution in [0.5, 0.6) is 0 Å². The molecule has 0 spiro atoms. The summed E-state index contributed by atoms with van der Waals surface area (Å²) < 4.78 is 20.2. The first-order valence-corrected chi connectivity index (χ1v) is 6.83. The minimum atomic E-state index is -0.285. The van der Waals surface area contributed by atoms with E-state index in [-0.39, 0.29) is 5.82 Å². The van der Waals surface area contributed by atoms with Crippen LogP contribution in [-0.4, -0.2) is 58.9 Å². The Labute approximate surface area is 116 Å². The highest BCUT2D eigenvalue weighted by Gasteiger charge is 2.10. The topological polar surface area (TPSA) is 54.7 Å². The van der Waals surface area contributed by atoms with Gasteiger partial charge in [0.1, 0.15) is 5.82 Å². The molecule has 1 N–H and O–H groups in total. The second-order valence-electron chi connectivity index (χ2n) is 4.82. The van der Waals surface area contributed by atoms with E-state index in [1.165, 1.54) is 12.3 Å². The lowest BCUT2D eigenvalue weighted by Gasteiger charge is -2.26. The Morgan fingerprint density at radius 3 is 2.95 bits per heavy atom. The maximum absolute atomic E-state index is 13.2. The van der Waals surface area contributed by atoms with E-state index in [4.69, 9.17) is 4.74 Å². The fourth-order valence-electron chi connectivity index (χ4n) is 2.29. The van der Waals surface area contributed by atoms with Gasteiger partial charge in [-0.1, -0.05) is 0 Å². The average molecular weight is 279 g/mol. The summed E-state index contributed by atoms with van der Waals surface area (Å²) in [6.07, 6.45) is 1.41. The zero-order valence-electron chi connectivity index (χ0n) is 11.3. The lowest BCUT2D eigenvalue weighted by atomic mass is 10.4. The third-order valence-electron chi connectivity index (χ3n) is 3.43. The molecule has 0 aliphatic carbocycles. The lowest BCUT2D eigenvalue weighted by molar-refractivity contribution is 0.0384. The molecule has 1 aliphatic rings. The molecule has 0 aromatic carbocycles. The van der Waals surface area contributed by atoms with Gasteiger partial charge in [0.15, 0.2) is 11.5 Å². The van der Waals surface area contributed by atoms with Crippen molar-refractivity contribution in [2.45, 2.75) is 6.54 Å². The normalized spacial score (nSPS) is 16.9. The molecule has 1 saturated heterocycles. The van der Waals surface area contributed by atoms with Crippen LogP contribution < -0.4 is 5.32 Å². The van der Waals surface area contributed by atoms with Gasteiger partial charge in [0.25, 0.3) is 0 Å². The summed E-state index contributed by atoms with van der Waals surface area (Å²) in [6, 6.07) is 3.01. The van der Waals surface area contributed by atoms with Crippen LogP contribution in [0.3, 0.4) is 0 Å². The lowest BCUT2D eigenvalue weighted by Crippen LogP contribution is -2.40. The molecule has 3 heterocycles. The zero-order chi connectivity index (χ0) is 13.8. The molecule has 3 rings (SSSR count). The van der Waals surface area contributed by atoms with Crippen LogP contribution in [0.1, 0.15) is 5.82 Å². The summed E-state index contributed by atoms with van der Waals surface area (Å²) in [6.45, 7) is 6.03. The number of aromatic nitrogens is 3. The number of hydrogen-bond acceptors (Lipinski definition) is 5. The number of hydrogen-bond donors (Lipinski definition) is 1. The third-order valence-corrected chi connectivity index (χ3v) is 3.43. The second kappa shape index (κ2) is 6.25. The molecule has 20 heavy (non-hydrogen) atoms. The molecular weight excluding hydrogens is 261 g/mol. The predicted molar refractivity (Wildman–Crippen MR) is 71.9 cm³/mol. The van der Waals surface area contributed by atoms with E-state index >= 15 is 0 Å². The maximum atomic E-state index is 13.2. The standard InChI is InChI=1S/C13H18FN5O/c14-11-1-2-12-16-17-13(19(12)10-11)9-15-3-4-18-5-7-20-8-6-18/h1-2,10,15H,3-9H2. The fraction of sp³-hybridized carbons (Fsp3) is 0.538. The van der Waals surface area contributed by atoms with Gasteiger partial charge in [-0.2, -0.15) is 0 Å². The number of morpholine rings is 1. The van der Waals surface area contributed by atoms with Crippen LogP contribution >= 0.6 is 0 Å². The second-order valence-corrected chi connectivity index (χ2v) is 4.82. The Morgan fingerprint density at radius 1 is 1.25 bits per heavy atom. The molecular formula is C13H18FN5O. The molecule has 0 amide bonds. The van der Waals surface area contributed by atoms with Crippen LogP contribution in [0.25, 0.3) is 5.65 Å². The molecule has 1 fully saturated rings. The Bertz CT molecular complexity index is 567. The van der Waals surface area contributed by atoms with E-state index in [0.717, 1.165) is 45.2 Å². The van der Waals surface area contributed by atoms with E-state index in [2.05, 4.69) is 20.4 Å². The molecule has 6 nitrogen and oxygen atoms in total. The van der Waals surface area contributed by atoms with Gasteiger partial charge in [0.2, 0.25) is 0 Å². The van der Waals surface area contributed by atoms with Crippen LogP contribution in [0.15, 0.2) is 18.3 Å². The van der Waals surface area contributed by atoms with Crippen LogP contribution in [-0.2, 0) is 11.3 Å². The number of ether oxygens (including phenoxy) is 1. The summed E-state index contributed by atoms with van der Waals surface area (Å²) in [5.41, 5.74) is 0.663. The molecule has 0 bridgehead atoms. The summed E-state index contributed by atoms with van der Waals surface area (Å²) in [5, 5.41) is 11.4. The van der Waals surface area contributed by atoms with Crippen molar-refractivity contribution in [3.8, 4) is 0 Å². The molecule has 7 heteroatoms. The average Bonchev–Trinajstić information content (AvgIpc) is 2.87. The highest BCUT2D eigenvalue weighted by Crippen LogP contribution is 2.05. The van der Waals surface area contributed by atoms with Crippen molar-refractivity contribution in [3.05, 3.63) is 30.0 Å². The van der Waals surface area contributed by atoms with Gasteiger partial charge in [-0.05, 0) is 12.1 Å². The van der Waals surface area contributed by atoms with Crippen molar-refractivity contribution in [2.75, 3.05) is 39.4 Å². The molecule has 1 aliphatic heterocycles. The van der Waals surface area contributed by atoms with Crippen molar-refractivity contribution in [1.82, 2.24) is 24.8 Å². The van der Waals surface area contributed by atoms with Crippen molar-refractivity contribution >= 4 is 5.65 Å². The van der Waals surface area contributed by atoms with Gasteiger partial charge in [0.05, 0.1) is 19.8 Å². The van der Waals surface area contributed by atoms with E-state index in [9.17, 15) is 4.39 Å². The van der Waals surface area contributed by atoms with E-state index in [1.54, 1.807) is 10.5 Å². The number of nitrogens with one attached hydrogen (secondary N) is 1. The Hall–Kier alpha value is -1.57. The quantitative estimate of drug-likeness (QED) is 0.797. The van der Waals surface area contributed by atoms with Gasteiger partial charge in [0, 0.05) is 32.4 Å². The predicted octanol–water partition coefficient (Wildman–Crippen LogP) is 0.290. The van der Waals surface area contributed by atoms with Crippen molar-refractivity contribution < 1.29 is 9.13 Å². The number of fused-ring (bicyclic) bond motifs is 1.